The Morgan fingerprint density at radius 2 is 1.96 bits per heavy atom. The van der Waals surface area contributed by atoms with E-state index in [0.717, 1.165) is 37.4 Å². The minimum absolute atomic E-state index is 0.0331. The highest BCUT2D eigenvalue weighted by Gasteiger charge is 2.30. The van der Waals surface area contributed by atoms with Crippen molar-refractivity contribution in [3.8, 4) is 6.07 Å². The van der Waals surface area contributed by atoms with Crippen molar-refractivity contribution in [3.05, 3.63) is 16.0 Å². The summed E-state index contributed by atoms with van der Waals surface area (Å²) < 4.78 is 5.75. The average Bonchev–Trinajstić information content (AvgIpc) is 2.73. The van der Waals surface area contributed by atoms with Gasteiger partial charge < -0.3 is 10.1 Å². The molecule has 3 atom stereocenters. The first-order chi connectivity index (χ1) is 12.0. The number of carbonyl (C=O) groups is 1. The first-order valence-corrected chi connectivity index (χ1v) is 10.1. The van der Waals surface area contributed by atoms with Gasteiger partial charge in [0.1, 0.15) is 11.1 Å². The van der Waals surface area contributed by atoms with Crippen molar-refractivity contribution in [2.75, 3.05) is 18.4 Å². The van der Waals surface area contributed by atoms with Crippen LogP contribution in [0.1, 0.15) is 56.0 Å². The molecule has 0 spiro atoms. The molecule has 136 valence electrons. The number of hydrogen-bond donors (Lipinski definition) is 1. The largest absolute Gasteiger partial charge is 0.373 e. The van der Waals surface area contributed by atoms with Crippen LogP contribution in [-0.2, 0) is 22.4 Å². The topological polar surface area (TPSA) is 65.4 Å². The van der Waals surface area contributed by atoms with Crippen LogP contribution in [0.5, 0.6) is 0 Å². The SMILES string of the molecule is CC1CN(C(C)C(=O)Nc2sc3c(c2C#N)CCCCC3)CC(C)O1. The first kappa shape index (κ1) is 18.4. The van der Waals surface area contributed by atoms with Crippen molar-refractivity contribution in [2.45, 2.75) is 71.1 Å². The Balaban J connectivity index is 1.73. The number of nitrogens with one attached hydrogen (secondary N) is 1. The van der Waals surface area contributed by atoms with Crippen LogP contribution in [0.25, 0.3) is 0 Å². The molecule has 5 nitrogen and oxygen atoms in total. The smallest absolute Gasteiger partial charge is 0.242 e. The maximum Gasteiger partial charge on any atom is 0.242 e. The molecule has 0 aromatic carbocycles. The summed E-state index contributed by atoms with van der Waals surface area (Å²) in [7, 11) is 0. The highest BCUT2D eigenvalue weighted by molar-refractivity contribution is 7.16. The lowest BCUT2D eigenvalue weighted by Crippen LogP contribution is -2.52. The van der Waals surface area contributed by atoms with Crippen molar-refractivity contribution in [1.82, 2.24) is 4.90 Å². The van der Waals surface area contributed by atoms with Crippen LogP contribution in [0.15, 0.2) is 0 Å². The number of carbonyl (C=O) groups excluding carboxylic acids is 1. The van der Waals surface area contributed by atoms with E-state index in [4.69, 9.17) is 4.74 Å². The fourth-order valence-corrected chi connectivity index (χ4v) is 5.11. The maximum absolute atomic E-state index is 12.8. The van der Waals surface area contributed by atoms with Crippen LogP contribution >= 0.6 is 11.3 Å². The molecular weight excluding hydrogens is 334 g/mol. The fourth-order valence-electron chi connectivity index (χ4n) is 3.87. The molecule has 1 fully saturated rings. The van der Waals surface area contributed by atoms with E-state index in [9.17, 15) is 10.1 Å². The molecule has 2 aliphatic rings. The number of rotatable bonds is 3. The van der Waals surface area contributed by atoms with Gasteiger partial charge in [-0.2, -0.15) is 5.26 Å². The van der Waals surface area contributed by atoms with Crippen molar-refractivity contribution in [1.29, 1.82) is 5.26 Å². The predicted molar refractivity (Wildman–Crippen MR) is 100.0 cm³/mol. The normalized spacial score (nSPS) is 25.5. The quantitative estimate of drug-likeness (QED) is 0.839. The zero-order valence-electron chi connectivity index (χ0n) is 15.3. The molecule has 1 aromatic heterocycles. The standard InChI is InChI=1S/C19H27N3O2S/c1-12-10-22(11-13(2)24-12)14(3)18(23)21-19-16(9-20)15-7-5-4-6-8-17(15)25-19/h12-14H,4-8,10-11H2,1-3H3,(H,21,23). The van der Waals surface area contributed by atoms with Gasteiger partial charge in [-0.15, -0.1) is 11.3 Å². The minimum atomic E-state index is -0.234. The Labute approximate surface area is 154 Å². The van der Waals surface area contributed by atoms with Crippen LogP contribution in [0, 0.1) is 11.3 Å². The van der Waals surface area contributed by atoms with Crippen molar-refractivity contribution in [2.24, 2.45) is 0 Å². The summed E-state index contributed by atoms with van der Waals surface area (Å²) in [5.41, 5.74) is 1.85. The highest BCUT2D eigenvalue weighted by atomic mass is 32.1. The molecule has 6 heteroatoms. The number of nitrogens with zero attached hydrogens (tertiary/aromatic N) is 2. The molecule has 25 heavy (non-hydrogen) atoms. The number of nitriles is 1. The highest BCUT2D eigenvalue weighted by Crippen LogP contribution is 2.37. The second-order valence-corrected chi connectivity index (χ2v) is 8.36. The van der Waals surface area contributed by atoms with Gasteiger partial charge in [-0.25, -0.2) is 0 Å². The molecule has 0 radical (unpaired) electrons. The van der Waals surface area contributed by atoms with E-state index in [-0.39, 0.29) is 24.2 Å². The summed E-state index contributed by atoms with van der Waals surface area (Å²) in [6.45, 7) is 7.52. The molecule has 1 aliphatic carbocycles. The number of ether oxygens (including phenoxy) is 1. The number of aryl methyl sites for hydroxylation is 1. The van der Waals surface area contributed by atoms with Gasteiger partial charge in [0.25, 0.3) is 0 Å². The maximum atomic E-state index is 12.8. The molecule has 1 aromatic rings. The van der Waals surface area contributed by atoms with E-state index in [0.29, 0.717) is 5.56 Å². The first-order valence-electron chi connectivity index (χ1n) is 9.24. The Morgan fingerprint density at radius 1 is 1.28 bits per heavy atom. The molecule has 0 bridgehead atoms. The molecule has 3 unspecified atom stereocenters. The van der Waals surface area contributed by atoms with Gasteiger partial charge in [0.15, 0.2) is 0 Å². The van der Waals surface area contributed by atoms with E-state index in [1.54, 1.807) is 11.3 Å². The Hall–Kier alpha value is -1.42. The Morgan fingerprint density at radius 3 is 2.64 bits per heavy atom. The average molecular weight is 362 g/mol. The number of fused-ring (bicyclic) bond motifs is 1. The fraction of sp³-hybridized carbons (Fsp3) is 0.684. The molecule has 1 N–H and O–H groups in total. The number of morpholine rings is 1. The number of thiophene rings is 1. The van der Waals surface area contributed by atoms with Gasteiger partial charge in [0, 0.05) is 18.0 Å². The van der Waals surface area contributed by atoms with E-state index >= 15 is 0 Å². The van der Waals surface area contributed by atoms with Crippen LogP contribution in [0.2, 0.25) is 0 Å². The van der Waals surface area contributed by atoms with Gasteiger partial charge >= 0.3 is 0 Å². The molecule has 1 aliphatic heterocycles. The molecule has 0 saturated carbocycles. The van der Waals surface area contributed by atoms with Crippen LogP contribution in [0.4, 0.5) is 5.00 Å². The third kappa shape index (κ3) is 4.05. The molecule has 1 saturated heterocycles. The van der Waals surface area contributed by atoms with Crippen LogP contribution in [-0.4, -0.2) is 42.1 Å². The summed E-state index contributed by atoms with van der Waals surface area (Å²) in [6.07, 6.45) is 5.77. The van der Waals surface area contributed by atoms with Crippen molar-refractivity contribution in [3.63, 3.8) is 0 Å². The third-order valence-corrected chi connectivity index (χ3v) is 6.35. The molecule has 1 amide bonds. The Bertz CT molecular complexity index is 669. The second kappa shape index (κ2) is 7.86. The van der Waals surface area contributed by atoms with Gasteiger partial charge in [0.05, 0.1) is 23.8 Å². The predicted octanol–water partition coefficient (Wildman–Crippen LogP) is 3.32. The van der Waals surface area contributed by atoms with E-state index in [2.05, 4.69) is 16.3 Å². The lowest BCUT2D eigenvalue weighted by atomic mass is 10.1. The summed E-state index contributed by atoms with van der Waals surface area (Å²) >= 11 is 1.60. The van der Waals surface area contributed by atoms with E-state index in [1.807, 2.05) is 20.8 Å². The zero-order valence-corrected chi connectivity index (χ0v) is 16.1. The number of hydrogen-bond acceptors (Lipinski definition) is 5. The van der Waals surface area contributed by atoms with Crippen LogP contribution in [0.3, 0.4) is 0 Å². The summed E-state index contributed by atoms with van der Waals surface area (Å²) in [4.78, 5) is 16.2. The van der Waals surface area contributed by atoms with Gasteiger partial charge in [0.2, 0.25) is 5.91 Å². The van der Waals surface area contributed by atoms with Crippen LogP contribution < -0.4 is 5.32 Å². The summed E-state index contributed by atoms with van der Waals surface area (Å²) in [6, 6.07) is 2.10. The zero-order chi connectivity index (χ0) is 18.0. The second-order valence-electron chi connectivity index (χ2n) is 7.26. The lowest BCUT2D eigenvalue weighted by Gasteiger charge is -2.38. The number of anilines is 1. The Kier molecular flexibility index (Phi) is 5.78. The van der Waals surface area contributed by atoms with Gasteiger partial charge in [-0.3, -0.25) is 9.69 Å². The summed E-state index contributed by atoms with van der Waals surface area (Å²) in [5, 5.41) is 13.4. The van der Waals surface area contributed by atoms with Gasteiger partial charge in [-0.1, -0.05) is 6.42 Å². The lowest BCUT2D eigenvalue weighted by molar-refractivity contribution is -0.126. The molecular formula is C19H27N3O2S. The monoisotopic (exact) mass is 361 g/mol. The third-order valence-electron chi connectivity index (χ3n) is 5.14. The van der Waals surface area contributed by atoms with E-state index in [1.165, 1.54) is 23.3 Å². The van der Waals surface area contributed by atoms with Crippen molar-refractivity contribution >= 4 is 22.2 Å². The van der Waals surface area contributed by atoms with Crippen molar-refractivity contribution < 1.29 is 9.53 Å². The summed E-state index contributed by atoms with van der Waals surface area (Å²) in [5.74, 6) is -0.0331. The molecule has 3 rings (SSSR count). The van der Waals surface area contributed by atoms with Gasteiger partial charge in [-0.05, 0) is 52.0 Å². The number of amides is 1. The minimum Gasteiger partial charge on any atom is -0.373 e. The van der Waals surface area contributed by atoms with E-state index < -0.39 is 0 Å². The molecule has 2 heterocycles.